The number of benzene rings is 1. The van der Waals surface area contributed by atoms with Crippen molar-refractivity contribution in [2.45, 2.75) is 32.0 Å². The maximum Gasteiger partial charge on any atom is 0.200 e. The Morgan fingerprint density at radius 1 is 0.895 bits per heavy atom. The Balaban J connectivity index is 3.31. The molecule has 19 heavy (non-hydrogen) atoms. The Labute approximate surface area is 108 Å². The lowest BCUT2D eigenvalue weighted by atomic mass is 10.3. The van der Waals surface area contributed by atoms with Gasteiger partial charge in [0.25, 0.3) is 0 Å². The highest BCUT2D eigenvalue weighted by Crippen LogP contribution is 2.22. The highest BCUT2D eigenvalue weighted by atomic mass is 28.3. The quantitative estimate of drug-likeness (QED) is 0.273. The molecule has 0 fully saturated rings. The third-order valence-corrected chi connectivity index (χ3v) is 6.37. The minimum absolute atomic E-state index is 0.186. The first-order valence-corrected chi connectivity index (χ1v) is 8.83. The maximum atomic E-state index is 13.7. The number of hydrogen-bond donors (Lipinski definition) is 0. The van der Waals surface area contributed by atoms with E-state index in [1.807, 2.05) is 6.07 Å². The summed E-state index contributed by atoms with van der Waals surface area (Å²) in [4.78, 5) is 0. The van der Waals surface area contributed by atoms with Crippen LogP contribution in [0.15, 0.2) is 0 Å². The molecule has 1 aromatic carbocycles. The van der Waals surface area contributed by atoms with Gasteiger partial charge in [0.2, 0.25) is 5.82 Å². The maximum absolute atomic E-state index is 13.7. The van der Waals surface area contributed by atoms with Gasteiger partial charge in [0.15, 0.2) is 23.3 Å². The number of rotatable bonds is 4. The smallest absolute Gasteiger partial charge is 0.200 e. The van der Waals surface area contributed by atoms with Crippen molar-refractivity contribution in [3.8, 4) is 6.07 Å². The predicted octanol–water partition coefficient (Wildman–Crippen LogP) is 3.60. The van der Waals surface area contributed by atoms with Crippen molar-refractivity contribution in [3.05, 3.63) is 29.1 Å². The summed E-state index contributed by atoms with van der Waals surface area (Å²) in [5.74, 6) is -9.44. The second-order valence-corrected chi connectivity index (χ2v) is 9.61. The summed E-state index contributed by atoms with van der Waals surface area (Å²) in [6, 6.07) is 2.16. The molecule has 0 aliphatic heterocycles. The molecule has 0 saturated heterocycles. The summed E-state index contributed by atoms with van der Waals surface area (Å²) in [5, 5.41) is 7.72. The molecule has 0 N–H and O–H groups in total. The number of unbranched alkanes of at least 4 members (excludes halogenated alkanes) is 1. The number of hydrogen-bond acceptors (Lipinski definition) is 1. The Kier molecular flexibility index (Phi) is 4.69. The number of nitrogens with zero attached hydrogens (tertiary/aromatic N) is 1. The summed E-state index contributed by atoms with van der Waals surface area (Å²) < 4.78 is 66.5. The zero-order chi connectivity index (χ0) is 14.8. The highest BCUT2D eigenvalue weighted by Gasteiger charge is 2.35. The third kappa shape index (κ3) is 2.95. The summed E-state index contributed by atoms with van der Waals surface area (Å²) in [6.45, 7) is 3.03. The second-order valence-electron chi connectivity index (χ2n) is 4.84. The lowest BCUT2D eigenvalue weighted by molar-refractivity contribution is 0.383. The molecule has 104 valence electrons. The van der Waals surface area contributed by atoms with Crippen LogP contribution in [0.4, 0.5) is 22.0 Å². The van der Waals surface area contributed by atoms with Gasteiger partial charge in [0, 0.05) is 11.6 Å². The topological polar surface area (TPSA) is 23.8 Å². The molecular formula is C12H12F5NSi. The van der Waals surface area contributed by atoms with Gasteiger partial charge in [-0.05, 0) is 6.42 Å². The van der Waals surface area contributed by atoms with Gasteiger partial charge in [0.1, 0.15) is 0 Å². The molecule has 0 amide bonds. The van der Waals surface area contributed by atoms with E-state index in [1.54, 1.807) is 0 Å². The van der Waals surface area contributed by atoms with E-state index in [9.17, 15) is 22.0 Å². The SMILES string of the molecule is C[Si](C)(CCCC#N)c1c(F)c(F)c(F)c(F)c1F. The van der Waals surface area contributed by atoms with E-state index in [4.69, 9.17) is 5.26 Å². The van der Waals surface area contributed by atoms with Crippen molar-refractivity contribution < 1.29 is 22.0 Å². The fourth-order valence-electron chi connectivity index (χ4n) is 1.93. The molecule has 0 aliphatic carbocycles. The van der Waals surface area contributed by atoms with E-state index >= 15 is 0 Å². The van der Waals surface area contributed by atoms with Crippen LogP contribution in [0.2, 0.25) is 19.1 Å². The van der Waals surface area contributed by atoms with Crippen LogP contribution >= 0.6 is 0 Å². The molecule has 1 aromatic rings. The molecule has 0 aromatic heterocycles. The molecule has 1 rings (SSSR count). The van der Waals surface area contributed by atoms with Crippen LogP contribution in [0, 0.1) is 40.4 Å². The zero-order valence-electron chi connectivity index (χ0n) is 10.5. The summed E-state index contributed by atoms with van der Waals surface area (Å²) in [5.41, 5.74) is 0. The summed E-state index contributed by atoms with van der Waals surface area (Å²) >= 11 is 0. The van der Waals surface area contributed by atoms with Gasteiger partial charge in [0.05, 0.1) is 14.1 Å². The first kappa shape index (κ1) is 15.6. The normalized spacial score (nSPS) is 11.5. The molecule has 0 aliphatic rings. The zero-order valence-corrected chi connectivity index (χ0v) is 11.5. The average molecular weight is 293 g/mol. The van der Waals surface area contributed by atoms with Crippen molar-refractivity contribution in [1.82, 2.24) is 0 Å². The molecule has 0 saturated carbocycles. The Morgan fingerprint density at radius 2 is 1.32 bits per heavy atom. The fraction of sp³-hybridized carbons (Fsp3) is 0.417. The van der Waals surface area contributed by atoms with E-state index in [0.717, 1.165) is 0 Å². The van der Waals surface area contributed by atoms with Crippen LogP contribution in [0.1, 0.15) is 12.8 Å². The summed E-state index contributed by atoms with van der Waals surface area (Å²) in [7, 11) is -2.84. The molecular weight excluding hydrogens is 281 g/mol. The van der Waals surface area contributed by atoms with Crippen molar-refractivity contribution in [3.63, 3.8) is 0 Å². The van der Waals surface area contributed by atoms with E-state index < -0.39 is 42.3 Å². The average Bonchev–Trinajstić information content (AvgIpc) is 2.34. The number of halogens is 5. The van der Waals surface area contributed by atoms with E-state index in [-0.39, 0.29) is 12.5 Å². The van der Waals surface area contributed by atoms with Crippen LogP contribution < -0.4 is 5.19 Å². The van der Waals surface area contributed by atoms with Crippen LogP contribution in [0.3, 0.4) is 0 Å². The highest BCUT2D eigenvalue weighted by molar-refractivity contribution is 6.89. The van der Waals surface area contributed by atoms with Crippen molar-refractivity contribution in [2.75, 3.05) is 0 Å². The third-order valence-electron chi connectivity index (χ3n) is 2.98. The molecule has 0 atom stereocenters. The Hall–Kier alpha value is -1.42. The van der Waals surface area contributed by atoms with Crippen LogP contribution in [0.5, 0.6) is 0 Å². The lowest BCUT2D eigenvalue weighted by Gasteiger charge is -2.24. The van der Waals surface area contributed by atoms with Gasteiger partial charge in [-0.3, -0.25) is 0 Å². The number of nitriles is 1. The van der Waals surface area contributed by atoms with Gasteiger partial charge in [-0.15, -0.1) is 0 Å². The van der Waals surface area contributed by atoms with Gasteiger partial charge in [-0.2, -0.15) is 5.26 Å². The van der Waals surface area contributed by atoms with Gasteiger partial charge >= 0.3 is 0 Å². The molecule has 0 unspecified atom stereocenters. The molecule has 1 nitrogen and oxygen atoms in total. The van der Waals surface area contributed by atoms with Crippen molar-refractivity contribution >= 4 is 13.3 Å². The minimum atomic E-state index is -2.84. The molecule has 0 spiro atoms. The predicted molar refractivity (Wildman–Crippen MR) is 63.0 cm³/mol. The first-order chi connectivity index (χ1) is 8.74. The molecule has 7 heteroatoms. The molecule has 0 radical (unpaired) electrons. The van der Waals surface area contributed by atoms with E-state index in [1.165, 1.54) is 13.1 Å². The fourth-order valence-corrected chi connectivity index (χ4v) is 4.65. The van der Waals surface area contributed by atoms with Gasteiger partial charge < -0.3 is 0 Å². The van der Waals surface area contributed by atoms with Gasteiger partial charge in [-0.1, -0.05) is 19.1 Å². The standard InChI is InChI=1S/C12H12F5NSi/c1-19(2,6-4-3-5-18)12-10(16)8(14)7(13)9(15)11(12)17/h3-4,6H2,1-2H3. The summed E-state index contributed by atoms with van der Waals surface area (Å²) in [6.07, 6.45) is 0.557. The van der Waals surface area contributed by atoms with E-state index in [2.05, 4.69) is 0 Å². The van der Waals surface area contributed by atoms with Crippen LogP contribution in [-0.4, -0.2) is 8.07 Å². The van der Waals surface area contributed by atoms with Crippen molar-refractivity contribution in [2.24, 2.45) is 0 Å². The Bertz CT molecular complexity index is 507. The molecule has 0 heterocycles. The minimum Gasteiger partial charge on any atom is -0.204 e. The first-order valence-electron chi connectivity index (χ1n) is 5.63. The largest absolute Gasteiger partial charge is 0.204 e. The van der Waals surface area contributed by atoms with Gasteiger partial charge in [-0.25, -0.2) is 22.0 Å². The van der Waals surface area contributed by atoms with Crippen LogP contribution in [-0.2, 0) is 0 Å². The Morgan fingerprint density at radius 3 is 1.74 bits per heavy atom. The van der Waals surface area contributed by atoms with Crippen LogP contribution in [0.25, 0.3) is 0 Å². The second kappa shape index (κ2) is 5.69. The van der Waals surface area contributed by atoms with Crippen molar-refractivity contribution in [1.29, 1.82) is 5.26 Å². The monoisotopic (exact) mass is 293 g/mol. The molecule has 0 bridgehead atoms. The lowest BCUT2D eigenvalue weighted by Crippen LogP contribution is -2.47. The van der Waals surface area contributed by atoms with E-state index in [0.29, 0.717) is 6.42 Å².